The van der Waals surface area contributed by atoms with Crippen LogP contribution in [-0.2, 0) is 7.05 Å². The number of nitriles is 2. The van der Waals surface area contributed by atoms with Crippen molar-refractivity contribution in [2.75, 3.05) is 0 Å². The summed E-state index contributed by atoms with van der Waals surface area (Å²) >= 11 is 1.51. The highest BCUT2D eigenvalue weighted by molar-refractivity contribution is 7.19. The lowest BCUT2D eigenvalue weighted by Crippen LogP contribution is -1.95. The minimum atomic E-state index is -0.279. The van der Waals surface area contributed by atoms with Crippen LogP contribution in [0.25, 0.3) is 33.1 Å². The van der Waals surface area contributed by atoms with Crippen molar-refractivity contribution < 1.29 is 9.18 Å². The van der Waals surface area contributed by atoms with Gasteiger partial charge in [-0.3, -0.25) is 4.79 Å². The first kappa shape index (κ1) is 19.7. The summed E-state index contributed by atoms with van der Waals surface area (Å²) in [4.78, 5) is 13.9. The van der Waals surface area contributed by atoms with E-state index < -0.39 is 0 Å². The zero-order valence-electron chi connectivity index (χ0n) is 16.9. The summed E-state index contributed by atoms with van der Waals surface area (Å²) in [7, 11) is 1.94. The summed E-state index contributed by atoms with van der Waals surface area (Å²) in [6.45, 7) is 0. The Hall–Kier alpha value is -4.26. The Morgan fingerprint density at radius 1 is 1.03 bits per heavy atom. The molecule has 0 bridgehead atoms. The summed E-state index contributed by atoms with van der Waals surface area (Å²) < 4.78 is 16.3. The van der Waals surface area contributed by atoms with Gasteiger partial charge in [0.05, 0.1) is 10.2 Å². The lowest BCUT2D eigenvalue weighted by Gasteiger charge is -2.04. The van der Waals surface area contributed by atoms with E-state index in [2.05, 4.69) is 0 Å². The zero-order chi connectivity index (χ0) is 22.4. The lowest BCUT2D eigenvalue weighted by molar-refractivity contribution is 0.104. The number of Topliss-reactive ketones (excluding diaryl/α,β-unsaturated/α-hetero) is 1. The van der Waals surface area contributed by atoms with Crippen LogP contribution in [0.1, 0.15) is 20.8 Å². The van der Waals surface area contributed by atoms with Gasteiger partial charge in [0.15, 0.2) is 5.78 Å². The van der Waals surface area contributed by atoms with Gasteiger partial charge in [0, 0.05) is 34.3 Å². The fourth-order valence-corrected chi connectivity index (χ4v) is 5.16. The van der Waals surface area contributed by atoms with Gasteiger partial charge in [0.2, 0.25) is 0 Å². The van der Waals surface area contributed by atoms with Crippen LogP contribution >= 0.6 is 11.3 Å². The molecule has 4 aromatic rings. The van der Waals surface area contributed by atoms with E-state index in [-0.39, 0.29) is 17.2 Å². The Morgan fingerprint density at radius 2 is 1.72 bits per heavy atom. The lowest BCUT2D eigenvalue weighted by atomic mass is 9.99. The molecule has 1 aliphatic carbocycles. The monoisotopic (exact) mass is 435 g/mol. The summed E-state index contributed by atoms with van der Waals surface area (Å²) in [6.07, 6.45) is 1.76. The summed E-state index contributed by atoms with van der Waals surface area (Å²) in [6, 6.07) is 21.3. The molecule has 0 unspecified atom stereocenters. The number of benzene rings is 2. The Kier molecular flexibility index (Phi) is 4.59. The molecule has 0 N–H and O–H groups in total. The smallest absolute Gasteiger partial charge is 0.194 e. The fraction of sp³-hybridized carbons (Fsp3) is 0.0385. The van der Waals surface area contributed by atoms with Crippen LogP contribution in [0.2, 0.25) is 0 Å². The van der Waals surface area contributed by atoms with Gasteiger partial charge in [-0.15, -0.1) is 11.3 Å². The molecule has 0 atom stereocenters. The minimum Gasteiger partial charge on any atom is -0.343 e. The topological polar surface area (TPSA) is 69.6 Å². The highest BCUT2D eigenvalue weighted by atomic mass is 32.1. The van der Waals surface area contributed by atoms with Gasteiger partial charge >= 0.3 is 0 Å². The molecule has 6 heteroatoms. The van der Waals surface area contributed by atoms with Crippen LogP contribution in [0.4, 0.5) is 4.39 Å². The summed E-state index contributed by atoms with van der Waals surface area (Å²) in [5.41, 5.74) is 4.64. The predicted octanol–water partition coefficient (Wildman–Crippen LogP) is 6.13. The third kappa shape index (κ3) is 2.98. The van der Waals surface area contributed by atoms with E-state index in [0.717, 1.165) is 26.4 Å². The fourth-order valence-electron chi connectivity index (χ4n) is 4.09. The van der Waals surface area contributed by atoms with E-state index in [9.17, 15) is 19.7 Å². The van der Waals surface area contributed by atoms with E-state index in [4.69, 9.17) is 0 Å². The maximum Gasteiger partial charge on any atom is 0.194 e. The van der Waals surface area contributed by atoms with Crippen molar-refractivity contribution in [1.29, 1.82) is 10.5 Å². The third-order valence-electron chi connectivity index (χ3n) is 5.60. The second-order valence-electron chi connectivity index (χ2n) is 7.40. The molecule has 0 amide bonds. The summed E-state index contributed by atoms with van der Waals surface area (Å²) in [5, 5.41) is 18.9. The van der Waals surface area contributed by atoms with Crippen LogP contribution < -0.4 is 0 Å². The number of fused-ring (bicyclic) bond motifs is 2. The van der Waals surface area contributed by atoms with Crippen LogP contribution in [0.5, 0.6) is 0 Å². The van der Waals surface area contributed by atoms with Crippen LogP contribution in [0.3, 0.4) is 0 Å². The number of ketones is 1. The van der Waals surface area contributed by atoms with E-state index in [1.807, 2.05) is 35.9 Å². The average molecular weight is 435 g/mol. The molecule has 0 saturated carbocycles. The number of thiophene rings is 1. The molecule has 0 saturated heterocycles. The Balaban J connectivity index is 1.63. The molecular formula is C26H14FN3OS. The first-order valence-corrected chi connectivity index (χ1v) is 10.6. The maximum absolute atomic E-state index is 13.3. The molecule has 4 nitrogen and oxygen atoms in total. The Bertz CT molecular complexity index is 1550. The molecule has 0 aliphatic heterocycles. The first-order valence-electron chi connectivity index (χ1n) is 9.77. The second-order valence-corrected chi connectivity index (χ2v) is 8.52. The van der Waals surface area contributed by atoms with Crippen molar-refractivity contribution in [3.63, 3.8) is 0 Å². The van der Waals surface area contributed by atoms with Gasteiger partial charge in [0.25, 0.3) is 0 Å². The predicted molar refractivity (Wildman–Crippen MR) is 123 cm³/mol. The van der Waals surface area contributed by atoms with Gasteiger partial charge in [0.1, 0.15) is 23.5 Å². The van der Waals surface area contributed by atoms with Crippen molar-refractivity contribution in [2.24, 2.45) is 7.05 Å². The number of aryl methyl sites for hydroxylation is 1. The largest absolute Gasteiger partial charge is 0.343 e. The molecule has 2 heterocycles. The maximum atomic E-state index is 13.3. The number of allylic oxidation sites excluding steroid dienone is 3. The van der Waals surface area contributed by atoms with E-state index in [1.54, 1.807) is 42.5 Å². The Labute approximate surface area is 187 Å². The molecule has 2 aromatic heterocycles. The van der Waals surface area contributed by atoms with Crippen LogP contribution in [-0.4, -0.2) is 10.4 Å². The van der Waals surface area contributed by atoms with E-state index >= 15 is 0 Å². The van der Waals surface area contributed by atoms with Gasteiger partial charge < -0.3 is 4.57 Å². The number of halogens is 1. The molecule has 0 spiro atoms. The highest BCUT2D eigenvalue weighted by Gasteiger charge is 2.32. The molecule has 1 aliphatic rings. The van der Waals surface area contributed by atoms with Gasteiger partial charge in [-0.2, -0.15) is 10.5 Å². The van der Waals surface area contributed by atoms with Crippen molar-refractivity contribution in [3.05, 3.63) is 93.6 Å². The van der Waals surface area contributed by atoms with Gasteiger partial charge in [-0.25, -0.2) is 4.39 Å². The highest BCUT2D eigenvalue weighted by Crippen LogP contribution is 2.41. The van der Waals surface area contributed by atoms with E-state index in [0.29, 0.717) is 22.3 Å². The van der Waals surface area contributed by atoms with Crippen LogP contribution in [0, 0.1) is 28.5 Å². The summed E-state index contributed by atoms with van der Waals surface area (Å²) in [5.74, 6) is -0.470. The van der Waals surface area contributed by atoms with Crippen molar-refractivity contribution >= 4 is 39.0 Å². The number of carbonyl (C=O) groups excluding carboxylic acids is 1. The van der Waals surface area contributed by atoms with E-state index in [1.165, 1.54) is 23.5 Å². The molecule has 0 fully saturated rings. The number of nitrogens with zero attached hydrogens (tertiary/aromatic N) is 3. The number of carbonyl (C=O) groups is 1. The Morgan fingerprint density at radius 3 is 2.38 bits per heavy atom. The van der Waals surface area contributed by atoms with Crippen molar-refractivity contribution in [3.8, 4) is 23.4 Å². The molecular weight excluding hydrogens is 421 g/mol. The number of hydrogen-bond acceptors (Lipinski definition) is 4. The number of hydrogen-bond donors (Lipinski definition) is 0. The average Bonchev–Trinajstić information content (AvgIpc) is 3.43. The quantitative estimate of drug-likeness (QED) is 0.281. The minimum absolute atomic E-state index is 0.0748. The first-order chi connectivity index (χ1) is 15.5. The zero-order valence-corrected chi connectivity index (χ0v) is 17.7. The molecule has 32 heavy (non-hydrogen) atoms. The molecule has 2 aromatic carbocycles. The standard InChI is InChI=1S/C26H14FN3OS/c1-30-22(15-6-8-17(27)9-7-15)12-24-23(30)11-18(32-24)10-21-25(16(13-28)14-29)19-4-2-3-5-20(19)26(21)31/h2-12H,1H3/b21-10-. The SMILES string of the molecule is Cn1c(-c2ccc(F)cc2)cc2sc(/C=C3\C(=O)c4ccccc4C3=C(C#N)C#N)cc21. The van der Waals surface area contributed by atoms with Crippen molar-refractivity contribution in [1.82, 2.24) is 4.57 Å². The van der Waals surface area contributed by atoms with Gasteiger partial charge in [-0.1, -0.05) is 24.3 Å². The third-order valence-corrected chi connectivity index (χ3v) is 6.62. The van der Waals surface area contributed by atoms with Crippen molar-refractivity contribution in [2.45, 2.75) is 0 Å². The molecule has 152 valence electrons. The molecule has 5 rings (SSSR count). The number of rotatable bonds is 2. The molecule has 0 radical (unpaired) electrons. The normalized spacial score (nSPS) is 13.9. The second kappa shape index (κ2) is 7.46. The van der Waals surface area contributed by atoms with Gasteiger partial charge in [-0.05, 0) is 53.6 Å². The number of aromatic nitrogens is 1. The van der Waals surface area contributed by atoms with Crippen LogP contribution in [0.15, 0.2) is 71.8 Å².